The van der Waals surface area contributed by atoms with Gasteiger partial charge in [-0.3, -0.25) is 9.78 Å². The van der Waals surface area contributed by atoms with Crippen LogP contribution in [0.15, 0.2) is 73.1 Å². The van der Waals surface area contributed by atoms with E-state index in [1.807, 2.05) is 42.5 Å². The summed E-state index contributed by atoms with van der Waals surface area (Å²) >= 11 is 0. The highest BCUT2D eigenvalue weighted by Gasteiger charge is 2.14. The normalized spacial score (nSPS) is 10.8. The first-order valence-corrected chi connectivity index (χ1v) is 9.26. The molecule has 4 aromatic rings. The molecule has 138 valence electrons. The van der Waals surface area contributed by atoms with E-state index < -0.39 is 0 Å². The number of rotatable bonds is 4. The maximum atomic E-state index is 13.0. The van der Waals surface area contributed by atoms with Gasteiger partial charge in [0, 0.05) is 29.9 Å². The Hall–Kier alpha value is -3.53. The number of nitrogens with one attached hydrogen (secondary N) is 1. The SMILES string of the molecule is Cc1ccc(-c2cc(C(=O)NCc3ccncc3)c3ccccc3n2)cc1C. The van der Waals surface area contributed by atoms with E-state index in [4.69, 9.17) is 4.98 Å². The molecule has 0 unspecified atom stereocenters. The second-order valence-electron chi connectivity index (χ2n) is 6.91. The van der Waals surface area contributed by atoms with E-state index >= 15 is 0 Å². The Labute approximate surface area is 164 Å². The minimum atomic E-state index is -0.111. The molecule has 0 fully saturated rings. The van der Waals surface area contributed by atoms with Crippen molar-refractivity contribution in [3.8, 4) is 11.3 Å². The van der Waals surface area contributed by atoms with Crippen LogP contribution in [0.5, 0.6) is 0 Å². The highest BCUT2D eigenvalue weighted by Crippen LogP contribution is 2.26. The van der Waals surface area contributed by atoms with Gasteiger partial charge in [0.25, 0.3) is 5.91 Å². The number of nitrogens with zero attached hydrogens (tertiary/aromatic N) is 2. The summed E-state index contributed by atoms with van der Waals surface area (Å²) in [5, 5.41) is 3.86. The van der Waals surface area contributed by atoms with Crippen molar-refractivity contribution in [3.05, 3.63) is 95.3 Å². The average Bonchev–Trinajstić information content (AvgIpc) is 2.74. The van der Waals surface area contributed by atoms with Crippen molar-refractivity contribution >= 4 is 16.8 Å². The first kappa shape index (κ1) is 17.9. The molecule has 0 saturated heterocycles. The predicted octanol–water partition coefficient (Wildman–Crippen LogP) is 4.84. The number of hydrogen-bond acceptors (Lipinski definition) is 3. The summed E-state index contributed by atoms with van der Waals surface area (Å²) < 4.78 is 0. The van der Waals surface area contributed by atoms with Crippen LogP contribution in [-0.2, 0) is 6.54 Å². The molecule has 0 radical (unpaired) electrons. The van der Waals surface area contributed by atoms with Crippen LogP contribution in [0.2, 0.25) is 0 Å². The third kappa shape index (κ3) is 3.62. The van der Waals surface area contributed by atoms with Crippen LogP contribution >= 0.6 is 0 Å². The van der Waals surface area contributed by atoms with Gasteiger partial charge in [-0.2, -0.15) is 0 Å². The molecular weight excluding hydrogens is 346 g/mol. The van der Waals surface area contributed by atoms with Gasteiger partial charge < -0.3 is 5.32 Å². The number of pyridine rings is 2. The minimum absolute atomic E-state index is 0.111. The van der Waals surface area contributed by atoms with Crippen LogP contribution in [0.3, 0.4) is 0 Å². The predicted molar refractivity (Wildman–Crippen MR) is 112 cm³/mol. The van der Waals surface area contributed by atoms with E-state index in [0.29, 0.717) is 12.1 Å². The van der Waals surface area contributed by atoms with Gasteiger partial charge in [-0.25, -0.2) is 4.98 Å². The van der Waals surface area contributed by atoms with E-state index in [0.717, 1.165) is 27.7 Å². The van der Waals surface area contributed by atoms with Crippen molar-refractivity contribution in [2.75, 3.05) is 0 Å². The van der Waals surface area contributed by atoms with Gasteiger partial charge in [0.05, 0.1) is 16.8 Å². The van der Waals surface area contributed by atoms with Crippen LogP contribution in [0.1, 0.15) is 27.0 Å². The molecule has 0 aliphatic heterocycles. The molecule has 1 N–H and O–H groups in total. The summed E-state index contributed by atoms with van der Waals surface area (Å²) in [4.78, 5) is 21.8. The number of para-hydroxylation sites is 1. The monoisotopic (exact) mass is 367 g/mol. The van der Waals surface area contributed by atoms with Crippen LogP contribution < -0.4 is 5.32 Å². The molecule has 28 heavy (non-hydrogen) atoms. The lowest BCUT2D eigenvalue weighted by atomic mass is 10.0. The summed E-state index contributed by atoms with van der Waals surface area (Å²) in [7, 11) is 0. The van der Waals surface area contributed by atoms with Gasteiger partial charge in [-0.05, 0) is 60.9 Å². The second kappa shape index (κ2) is 7.61. The van der Waals surface area contributed by atoms with Crippen LogP contribution in [0.25, 0.3) is 22.2 Å². The van der Waals surface area contributed by atoms with E-state index in [-0.39, 0.29) is 5.91 Å². The molecule has 0 atom stereocenters. The zero-order valence-corrected chi connectivity index (χ0v) is 15.9. The van der Waals surface area contributed by atoms with E-state index in [2.05, 4.69) is 42.3 Å². The fourth-order valence-corrected chi connectivity index (χ4v) is 3.19. The Balaban J connectivity index is 1.73. The molecule has 2 aromatic heterocycles. The number of hydrogen-bond donors (Lipinski definition) is 1. The third-order valence-electron chi connectivity index (χ3n) is 4.97. The van der Waals surface area contributed by atoms with Gasteiger partial charge >= 0.3 is 0 Å². The molecule has 1 amide bonds. The molecule has 0 saturated carbocycles. The number of fused-ring (bicyclic) bond motifs is 1. The number of amides is 1. The lowest BCUT2D eigenvalue weighted by molar-refractivity contribution is 0.0952. The van der Waals surface area contributed by atoms with E-state index in [1.54, 1.807) is 12.4 Å². The smallest absolute Gasteiger partial charge is 0.252 e. The standard InChI is InChI=1S/C24H21N3O/c1-16-7-8-19(13-17(16)2)23-14-21(20-5-3-4-6-22(20)27-23)24(28)26-15-18-9-11-25-12-10-18/h3-14H,15H2,1-2H3,(H,26,28). The van der Waals surface area contributed by atoms with Gasteiger partial charge in [-0.15, -0.1) is 0 Å². The Morgan fingerprint density at radius 1 is 0.929 bits per heavy atom. The van der Waals surface area contributed by atoms with Gasteiger partial charge in [0.1, 0.15) is 0 Å². The summed E-state index contributed by atoms with van der Waals surface area (Å²) in [5.74, 6) is -0.111. The van der Waals surface area contributed by atoms with Crippen LogP contribution in [0, 0.1) is 13.8 Å². The number of benzene rings is 2. The fraction of sp³-hybridized carbons (Fsp3) is 0.125. The van der Waals surface area contributed by atoms with Crippen LogP contribution in [-0.4, -0.2) is 15.9 Å². The summed E-state index contributed by atoms with van der Waals surface area (Å²) in [6.45, 7) is 4.63. The van der Waals surface area contributed by atoms with Gasteiger partial charge in [0.15, 0.2) is 0 Å². The largest absolute Gasteiger partial charge is 0.348 e. The van der Waals surface area contributed by atoms with Crippen molar-refractivity contribution in [2.24, 2.45) is 0 Å². The zero-order chi connectivity index (χ0) is 19.5. The topological polar surface area (TPSA) is 54.9 Å². The quantitative estimate of drug-likeness (QED) is 0.561. The van der Waals surface area contributed by atoms with Crippen molar-refractivity contribution in [3.63, 3.8) is 0 Å². The number of carbonyl (C=O) groups excluding carboxylic acids is 1. The Kier molecular flexibility index (Phi) is 4.85. The molecule has 4 nitrogen and oxygen atoms in total. The van der Waals surface area contributed by atoms with Gasteiger partial charge in [0.2, 0.25) is 0 Å². The molecule has 4 rings (SSSR count). The highest BCUT2D eigenvalue weighted by molar-refractivity contribution is 6.07. The van der Waals surface area contributed by atoms with Crippen molar-refractivity contribution in [1.29, 1.82) is 0 Å². The highest BCUT2D eigenvalue weighted by atomic mass is 16.1. The van der Waals surface area contributed by atoms with Crippen molar-refractivity contribution in [2.45, 2.75) is 20.4 Å². The molecule has 0 bridgehead atoms. The summed E-state index contributed by atoms with van der Waals surface area (Å²) in [5.41, 5.74) is 6.71. The number of aryl methyl sites for hydroxylation is 2. The van der Waals surface area contributed by atoms with Gasteiger partial charge in [-0.1, -0.05) is 30.3 Å². The maximum absolute atomic E-state index is 13.0. The van der Waals surface area contributed by atoms with Crippen LogP contribution in [0.4, 0.5) is 0 Å². The Bertz CT molecular complexity index is 1150. The third-order valence-corrected chi connectivity index (χ3v) is 4.97. The fourth-order valence-electron chi connectivity index (χ4n) is 3.19. The lowest BCUT2D eigenvalue weighted by Crippen LogP contribution is -2.23. The Morgan fingerprint density at radius 2 is 1.71 bits per heavy atom. The molecule has 2 heterocycles. The first-order valence-electron chi connectivity index (χ1n) is 9.26. The van der Waals surface area contributed by atoms with Crippen molar-refractivity contribution < 1.29 is 4.79 Å². The molecular formula is C24H21N3O. The zero-order valence-electron chi connectivity index (χ0n) is 15.9. The molecule has 2 aromatic carbocycles. The Morgan fingerprint density at radius 3 is 2.50 bits per heavy atom. The summed E-state index contributed by atoms with van der Waals surface area (Å²) in [6, 6.07) is 19.7. The molecule has 0 spiro atoms. The lowest BCUT2D eigenvalue weighted by Gasteiger charge is -2.11. The maximum Gasteiger partial charge on any atom is 0.252 e. The van der Waals surface area contributed by atoms with E-state index in [1.165, 1.54) is 11.1 Å². The minimum Gasteiger partial charge on any atom is -0.348 e. The molecule has 0 aliphatic carbocycles. The number of aromatic nitrogens is 2. The summed E-state index contributed by atoms with van der Waals surface area (Å²) in [6.07, 6.45) is 3.45. The molecule has 4 heteroatoms. The van der Waals surface area contributed by atoms with Crippen molar-refractivity contribution in [1.82, 2.24) is 15.3 Å². The first-order chi connectivity index (χ1) is 13.6. The van der Waals surface area contributed by atoms with E-state index in [9.17, 15) is 4.79 Å². The number of carbonyl (C=O) groups is 1. The molecule has 0 aliphatic rings. The second-order valence-corrected chi connectivity index (χ2v) is 6.91. The average molecular weight is 367 g/mol.